The van der Waals surface area contributed by atoms with Gasteiger partial charge in [0.15, 0.2) is 6.10 Å². The Labute approximate surface area is 512 Å². The van der Waals surface area contributed by atoms with Gasteiger partial charge in [0.1, 0.15) is 13.2 Å². The van der Waals surface area contributed by atoms with E-state index in [4.69, 9.17) is 14.2 Å². The second-order valence-corrected chi connectivity index (χ2v) is 22.3. The highest BCUT2D eigenvalue weighted by molar-refractivity contribution is 5.71. The highest BCUT2D eigenvalue weighted by Crippen LogP contribution is 2.16. The molecule has 0 heterocycles. The molecule has 0 radical (unpaired) electrons. The Kier molecular flexibility index (Phi) is 65.8. The van der Waals surface area contributed by atoms with Crippen LogP contribution in [0.2, 0.25) is 0 Å². The molecule has 0 aliphatic rings. The molecule has 0 rings (SSSR count). The maximum Gasteiger partial charge on any atom is 0.306 e. The van der Waals surface area contributed by atoms with E-state index in [1.165, 1.54) is 116 Å². The summed E-state index contributed by atoms with van der Waals surface area (Å²) in [5.74, 6) is -0.903. The monoisotopic (exact) mass is 1150 g/mol. The molecule has 1 atom stereocenters. The van der Waals surface area contributed by atoms with Crippen molar-refractivity contribution in [3.8, 4) is 0 Å². The summed E-state index contributed by atoms with van der Waals surface area (Å²) in [5, 5.41) is 0. The molecule has 0 aromatic carbocycles. The zero-order valence-electron chi connectivity index (χ0n) is 53.9. The molecule has 83 heavy (non-hydrogen) atoms. The summed E-state index contributed by atoms with van der Waals surface area (Å²) in [4.78, 5) is 38.4. The summed E-state index contributed by atoms with van der Waals surface area (Å²) >= 11 is 0. The third kappa shape index (κ3) is 68.0. The van der Waals surface area contributed by atoms with Crippen LogP contribution in [0.3, 0.4) is 0 Å². The van der Waals surface area contributed by atoms with E-state index in [1.807, 2.05) is 0 Å². The van der Waals surface area contributed by atoms with Crippen LogP contribution in [0.4, 0.5) is 0 Å². The summed E-state index contributed by atoms with van der Waals surface area (Å²) in [6, 6.07) is 0. The van der Waals surface area contributed by atoms with Crippen LogP contribution in [0, 0.1) is 0 Å². The lowest BCUT2D eigenvalue weighted by molar-refractivity contribution is -0.167. The van der Waals surface area contributed by atoms with E-state index in [0.717, 1.165) is 148 Å². The first-order chi connectivity index (χ1) is 41.0. The number of ether oxygens (including phenoxy) is 3. The summed E-state index contributed by atoms with van der Waals surface area (Å²) in [6.45, 7) is 6.40. The molecule has 0 saturated carbocycles. The van der Waals surface area contributed by atoms with Gasteiger partial charge in [0.2, 0.25) is 0 Å². The first-order valence-corrected chi connectivity index (χ1v) is 34.3. The number of hydrogen-bond donors (Lipinski definition) is 0. The molecule has 1 unspecified atom stereocenters. The number of carbonyl (C=O) groups excluding carboxylic acids is 3. The molecule has 0 fully saturated rings. The van der Waals surface area contributed by atoms with Crippen molar-refractivity contribution < 1.29 is 28.6 Å². The summed E-state index contributed by atoms with van der Waals surface area (Å²) < 4.78 is 16.9. The predicted molar refractivity (Wildman–Crippen MR) is 362 cm³/mol. The van der Waals surface area contributed by atoms with Crippen LogP contribution in [0.25, 0.3) is 0 Å². The topological polar surface area (TPSA) is 78.9 Å². The Morgan fingerprint density at radius 1 is 0.253 bits per heavy atom. The third-order valence-corrected chi connectivity index (χ3v) is 14.3. The highest BCUT2D eigenvalue weighted by Gasteiger charge is 2.19. The van der Waals surface area contributed by atoms with Crippen LogP contribution in [-0.4, -0.2) is 37.2 Å². The molecule has 0 aliphatic carbocycles. The van der Waals surface area contributed by atoms with Gasteiger partial charge in [-0.15, -0.1) is 0 Å². The Morgan fingerprint density at radius 2 is 0.470 bits per heavy atom. The fourth-order valence-corrected chi connectivity index (χ4v) is 9.27. The lowest BCUT2D eigenvalue weighted by atomic mass is 10.1. The Balaban J connectivity index is 4.32. The SMILES string of the molecule is CC/C=C\C/C=C\C/C=C\C/C=C\C/C=C\C/C=C\CCCCCCCCCCCCC(=O)OCC(COC(=O)CCCCCCCCCCCCC)OC(=O)CCCCCCCC/C=C\C/C=C\C/C=C\C/C=C\C/C=C\C/C=C\CC. The van der Waals surface area contributed by atoms with E-state index in [9.17, 15) is 14.4 Å². The van der Waals surface area contributed by atoms with Crippen LogP contribution in [0.1, 0.15) is 303 Å². The molecule has 0 bridgehead atoms. The van der Waals surface area contributed by atoms with Crippen molar-refractivity contribution in [3.05, 3.63) is 146 Å². The molecule has 6 nitrogen and oxygen atoms in total. The Morgan fingerprint density at radius 3 is 0.735 bits per heavy atom. The van der Waals surface area contributed by atoms with Crippen LogP contribution < -0.4 is 0 Å². The minimum atomic E-state index is -0.793. The third-order valence-electron chi connectivity index (χ3n) is 14.3. The van der Waals surface area contributed by atoms with Crippen molar-refractivity contribution in [1.29, 1.82) is 0 Å². The zero-order valence-corrected chi connectivity index (χ0v) is 53.9. The smallest absolute Gasteiger partial charge is 0.306 e. The molecule has 0 saturated heterocycles. The first kappa shape index (κ1) is 78.3. The molecule has 6 heteroatoms. The van der Waals surface area contributed by atoms with Gasteiger partial charge in [-0.05, 0) is 122 Å². The van der Waals surface area contributed by atoms with Gasteiger partial charge in [-0.25, -0.2) is 0 Å². The second kappa shape index (κ2) is 69.8. The lowest BCUT2D eigenvalue weighted by Crippen LogP contribution is -2.30. The van der Waals surface area contributed by atoms with Gasteiger partial charge in [0.25, 0.3) is 0 Å². The van der Waals surface area contributed by atoms with Crippen molar-refractivity contribution in [2.45, 2.75) is 309 Å². The Bertz CT molecular complexity index is 1800. The van der Waals surface area contributed by atoms with E-state index in [1.54, 1.807) is 0 Å². The fraction of sp³-hybridized carbons (Fsp3) is 0.649. The van der Waals surface area contributed by atoms with Gasteiger partial charge in [0.05, 0.1) is 0 Å². The van der Waals surface area contributed by atoms with Crippen molar-refractivity contribution in [2.24, 2.45) is 0 Å². The van der Waals surface area contributed by atoms with Crippen molar-refractivity contribution in [2.75, 3.05) is 13.2 Å². The molecule has 0 aromatic rings. The van der Waals surface area contributed by atoms with Gasteiger partial charge in [-0.1, -0.05) is 308 Å². The molecule has 0 aliphatic heterocycles. The normalized spacial score (nSPS) is 13.0. The van der Waals surface area contributed by atoms with Crippen LogP contribution >= 0.6 is 0 Å². The quantitative estimate of drug-likeness (QED) is 0.0261. The standard InChI is InChI=1S/C77H126O6/c1-4-7-10-13-16-19-22-24-26-28-30-32-34-36-37-38-39-41-42-44-46-48-50-52-55-58-61-64-67-70-76(79)82-73-74(72-81-75(78)69-66-63-60-57-54-21-18-15-12-9-6-3)83-77(80)71-68-65-62-59-56-53-51-49-47-45-43-40-35-33-31-29-27-25-23-20-17-14-11-8-5-2/h7-8,10-11,16-17,19-20,24-27,30-33,36-37,39-41,43,47,49,74H,4-6,9,12-15,18,21-23,28-29,34-35,38,42,44-46,48,50-73H2,1-3H3/b10-7-,11-8-,19-16-,20-17-,26-24-,27-25-,32-30-,33-31-,37-36-,41-39-,43-40-,49-47-. The Hall–Kier alpha value is -4.71. The average Bonchev–Trinajstić information content (AvgIpc) is 3.48. The molecule has 0 N–H and O–H groups in total. The largest absolute Gasteiger partial charge is 0.462 e. The lowest BCUT2D eigenvalue weighted by Gasteiger charge is -2.18. The minimum absolute atomic E-state index is 0.0872. The summed E-state index contributed by atoms with van der Waals surface area (Å²) in [5.41, 5.74) is 0. The van der Waals surface area contributed by atoms with Crippen molar-refractivity contribution in [3.63, 3.8) is 0 Å². The molecule has 470 valence electrons. The number of rotatable bonds is 61. The first-order valence-electron chi connectivity index (χ1n) is 34.3. The summed E-state index contributed by atoms with van der Waals surface area (Å²) in [6.07, 6.45) is 100. The number of carbonyl (C=O) groups is 3. The molecule has 0 amide bonds. The maximum absolute atomic E-state index is 12.9. The van der Waals surface area contributed by atoms with E-state index in [0.29, 0.717) is 19.3 Å². The van der Waals surface area contributed by atoms with Gasteiger partial charge in [-0.3, -0.25) is 14.4 Å². The van der Waals surface area contributed by atoms with Crippen LogP contribution in [-0.2, 0) is 28.6 Å². The minimum Gasteiger partial charge on any atom is -0.462 e. The number of allylic oxidation sites excluding steroid dienone is 24. The fourth-order valence-electron chi connectivity index (χ4n) is 9.27. The van der Waals surface area contributed by atoms with E-state index < -0.39 is 6.10 Å². The van der Waals surface area contributed by atoms with E-state index in [2.05, 4.69) is 167 Å². The van der Waals surface area contributed by atoms with Crippen molar-refractivity contribution >= 4 is 17.9 Å². The molecule has 0 aromatic heterocycles. The van der Waals surface area contributed by atoms with Gasteiger partial charge in [-0.2, -0.15) is 0 Å². The second-order valence-electron chi connectivity index (χ2n) is 22.3. The van der Waals surface area contributed by atoms with Crippen LogP contribution in [0.15, 0.2) is 146 Å². The van der Waals surface area contributed by atoms with Gasteiger partial charge < -0.3 is 14.2 Å². The number of hydrogen-bond acceptors (Lipinski definition) is 6. The van der Waals surface area contributed by atoms with Crippen molar-refractivity contribution in [1.82, 2.24) is 0 Å². The number of esters is 3. The molecular formula is C77H126O6. The maximum atomic E-state index is 12.9. The van der Waals surface area contributed by atoms with Gasteiger partial charge >= 0.3 is 17.9 Å². The average molecular weight is 1150 g/mol. The molecule has 0 spiro atoms. The van der Waals surface area contributed by atoms with E-state index >= 15 is 0 Å². The molecular weight excluding hydrogens is 1020 g/mol. The number of unbranched alkanes of at least 4 members (excludes halogenated alkanes) is 26. The van der Waals surface area contributed by atoms with Crippen LogP contribution in [0.5, 0.6) is 0 Å². The van der Waals surface area contributed by atoms with Gasteiger partial charge in [0, 0.05) is 19.3 Å². The summed E-state index contributed by atoms with van der Waals surface area (Å²) in [7, 11) is 0. The predicted octanol–water partition coefficient (Wildman–Crippen LogP) is 23.9. The highest BCUT2D eigenvalue weighted by atomic mass is 16.6. The van der Waals surface area contributed by atoms with E-state index in [-0.39, 0.29) is 31.1 Å². The zero-order chi connectivity index (χ0) is 59.9.